The lowest BCUT2D eigenvalue weighted by Gasteiger charge is -2.24. The van der Waals surface area contributed by atoms with Gasteiger partial charge in [0.1, 0.15) is 5.56 Å². The fourth-order valence-electron chi connectivity index (χ4n) is 1.74. The Morgan fingerprint density at radius 3 is 2.42 bits per heavy atom. The van der Waals surface area contributed by atoms with E-state index in [0.717, 1.165) is 13.2 Å². The van der Waals surface area contributed by atoms with E-state index in [9.17, 15) is 19.1 Å². The van der Waals surface area contributed by atoms with Crippen LogP contribution in [-0.2, 0) is 14.9 Å². The zero-order valence-electron chi connectivity index (χ0n) is 10.9. The Balaban J connectivity index is 3.34. The number of hydrogen-bond acceptors (Lipinski definition) is 4. The first-order valence-corrected chi connectivity index (χ1v) is 5.52. The molecule has 0 saturated heterocycles. The SMILES string of the molecule is COC(=O)c1cc(C(C)(C)CC(=O)O)cc(F)c1O. The smallest absolute Gasteiger partial charge is 0.341 e. The summed E-state index contributed by atoms with van der Waals surface area (Å²) in [4.78, 5) is 22.2. The number of aliphatic carboxylic acids is 1. The van der Waals surface area contributed by atoms with Crippen molar-refractivity contribution in [3.63, 3.8) is 0 Å². The first-order valence-electron chi connectivity index (χ1n) is 5.52. The first kappa shape index (κ1) is 14.9. The van der Waals surface area contributed by atoms with E-state index in [1.165, 1.54) is 6.07 Å². The largest absolute Gasteiger partial charge is 0.504 e. The molecule has 0 radical (unpaired) electrons. The van der Waals surface area contributed by atoms with Gasteiger partial charge in [0.05, 0.1) is 13.5 Å². The number of carbonyl (C=O) groups is 2. The number of ether oxygens (including phenoxy) is 1. The van der Waals surface area contributed by atoms with Gasteiger partial charge in [-0.2, -0.15) is 0 Å². The average Bonchev–Trinajstić information content (AvgIpc) is 2.29. The van der Waals surface area contributed by atoms with Crippen molar-refractivity contribution in [2.24, 2.45) is 0 Å². The standard InChI is InChI=1S/C13H15FO5/c1-13(2,6-10(15)16)7-4-8(12(18)19-3)11(17)9(14)5-7/h4-5,17H,6H2,1-3H3,(H,15,16). The van der Waals surface area contributed by atoms with E-state index in [-0.39, 0.29) is 12.0 Å². The molecule has 0 atom stereocenters. The van der Waals surface area contributed by atoms with Crippen LogP contribution in [0.2, 0.25) is 0 Å². The number of carbonyl (C=O) groups excluding carboxylic acids is 1. The van der Waals surface area contributed by atoms with Crippen LogP contribution in [0.3, 0.4) is 0 Å². The van der Waals surface area contributed by atoms with Crippen LogP contribution in [0.1, 0.15) is 36.2 Å². The Bertz CT molecular complexity index is 522. The summed E-state index contributed by atoms with van der Waals surface area (Å²) in [5, 5.41) is 18.3. The number of halogens is 1. The summed E-state index contributed by atoms with van der Waals surface area (Å²) < 4.78 is 18.0. The Morgan fingerprint density at radius 2 is 1.95 bits per heavy atom. The molecule has 6 heteroatoms. The monoisotopic (exact) mass is 270 g/mol. The predicted octanol–water partition coefficient (Wildman–Crippen LogP) is 2.07. The van der Waals surface area contributed by atoms with Gasteiger partial charge in [-0.25, -0.2) is 9.18 Å². The summed E-state index contributed by atoms with van der Waals surface area (Å²) in [6.07, 6.45) is -0.238. The van der Waals surface area contributed by atoms with Gasteiger partial charge >= 0.3 is 11.9 Å². The molecule has 19 heavy (non-hydrogen) atoms. The average molecular weight is 270 g/mol. The number of phenolic OH excluding ortho intramolecular Hbond substituents is 1. The number of methoxy groups -OCH3 is 1. The van der Waals surface area contributed by atoms with Gasteiger partial charge in [0, 0.05) is 5.41 Å². The Hall–Kier alpha value is -2.11. The van der Waals surface area contributed by atoms with E-state index in [4.69, 9.17) is 5.11 Å². The third-order valence-corrected chi connectivity index (χ3v) is 2.84. The van der Waals surface area contributed by atoms with Gasteiger partial charge in [-0.05, 0) is 17.7 Å². The molecular formula is C13H15FO5. The van der Waals surface area contributed by atoms with Crippen LogP contribution < -0.4 is 0 Å². The van der Waals surface area contributed by atoms with E-state index < -0.39 is 28.9 Å². The molecule has 0 bridgehead atoms. The number of hydrogen-bond donors (Lipinski definition) is 2. The lowest BCUT2D eigenvalue weighted by molar-refractivity contribution is -0.138. The predicted molar refractivity (Wildman–Crippen MR) is 64.7 cm³/mol. The minimum atomic E-state index is -1.04. The normalized spacial score (nSPS) is 11.2. The lowest BCUT2D eigenvalue weighted by atomic mass is 9.81. The van der Waals surface area contributed by atoms with Gasteiger partial charge in [0.2, 0.25) is 0 Å². The molecule has 0 fully saturated rings. The van der Waals surface area contributed by atoms with Gasteiger partial charge < -0.3 is 14.9 Å². The number of carboxylic acids is 1. The highest BCUT2D eigenvalue weighted by Crippen LogP contribution is 2.32. The molecule has 0 aliphatic heterocycles. The summed E-state index contributed by atoms with van der Waals surface area (Å²) in [5.41, 5.74) is -0.912. The lowest BCUT2D eigenvalue weighted by Crippen LogP contribution is -2.22. The topological polar surface area (TPSA) is 83.8 Å². The molecule has 0 aliphatic carbocycles. The number of rotatable bonds is 4. The maximum Gasteiger partial charge on any atom is 0.341 e. The highest BCUT2D eigenvalue weighted by atomic mass is 19.1. The van der Waals surface area contributed by atoms with E-state index in [1.807, 2.05) is 0 Å². The molecular weight excluding hydrogens is 255 g/mol. The van der Waals surface area contributed by atoms with Crippen LogP contribution in [0.5, 0.6) is 5.75 Å². The molecule has 1 rings (SSSR count). The molecule has 0 unspecified atom stereocenters. The summed E-state index contributed by atoms with van der Waals surface area (Å²) >= 11 is 0. The number of esters is 1. The molecule has 1 aromatic rings. The number of benzene rings is 1. The maximum absolute atomic E-state index is 13.6. The second-order valence-corrected chi connectivity index (χ2v) is 4.80. The van der Waals surface area contributed by atoms with Gasteiger partial charge in [-0.15, -0.1) is 0 Å². The van der Waals surface area contributed by atoms with Gasteiger partial charge in [-0.3, -0.25) is 4.79 Å². The number of carboxylic acid groups (broad SMARTS) is 1. The third kappa shape index (κ3) is 3.21. The zero-order valence-corrected chi connectivity index (χ0v) is 10.9. The highest BCUT2D eigenvalue weighted by molar-refractivity contribution is 5.92. The Kier molecular flexibility index (Phi) is 4.14. The summed E-state index contributed by atoms with van der Waals surface area (Å²) in [5.74, 6) is -3.72. The second-order valence-electron chi connectivity index (χ2n) is 4.80. The fraction of sp³-hybridized carbons (Fsp3) is 0.385. The van der Waals surface area contributed by atoms with E-state index >= 15 is 0 Å². The minimum Gasteiger partial charge on any atom is -0.504 e. The van der Waals surface area contributed by atoms with Crippen molar-refractivity contribution in [3.05, 3.63) is 29.1 Å². The van der Waals surface area contributed by atoms with Crippen LogP contribution in [0, 0.1) is 5.82 Å². The molecule has 0 amide bonds. The fourth-order valence-corrected chi connectivity index (χ4v) is 1.74. The Labute approximate surface area is 109 Å². The van der Waals surface area contributed by atoms with Crippen LogP contribution in [-0.4, -0.2) is 29.3 Å². The zero-order chi connectivity index (χ0) is 14.8. The molecule has 0 aromatic heterocycles. The molecule has 5 nitrogen and oxygen atoms in total. The van der Waals surface area contributed by atoms with Crippen molar-refractivity contribution >= 4 is 11.9 Å². The van der Waals surface area contributed by atoms with E-state index in [0.29, 0.717) is 5.56 Å². The van der Waals surface area contributed by atoms with Crippen molar-refractivity contribution in [3.8, 4) is 5.75 Å². The van der Waals surface area contributed by atoms with Crippen molar-refractivity contribution in [1.29, 1.82) is 0 Å². The summed E-state index contributed by atoms with van der Waals surface area (Å²) in [6, 6.07) is 2.26. The summed E-state index contributed by atoms with van der Waals surface area (Å²) in [6.45, 7) is 3.21. The van der Waals surface area contributed by atoms with E-state index in [2.05, 4.69) is 4.74 Å². The van der Waals surface area contributed by atoms with Crippen LogP contribution in [0.4, 0.5) is 4.39 Å². The van der Waals surface area contributed by atoms with Gasteiger partial charge in [-0.1, -0.05) is 13.8 Å². The molecule has 2 N–H and O–H groups in total. The van der Waals surface area contributed by atoms with E-state index in [1.54, 1.807) is 13.8 Å². The highest BCUT2D eigenvalue weighted by Gasteiger charge is 2.28. The van der Waals surface area contributed by atoms with Crippen LogP contribution >= 0.6 is 0 Å². The van der Waals surface area contributed by atoms with Crippen LogP contribution in [0.15, 0.2) is 12.1 Å². The van der Waals surface area contributed by atoms with Crippen molar-refractivity contribution in [2.75, 3.05) is 7.11 Å². The molecule has 0 aliphatic rings. The van der Waals surface area contributed by atoms with Crippen molar-refractivity contribution in [1.82, 2.24) is 0 Å². The molecule has 0 heterocycles. The van der Waals surface area contributed by atoms with Crippen molar-refractivity contribution in [2.45, 2.75) is 25.7 Å². The first-order chi connectivity index (χ1) is 8.69. The molecule has 104 valence electrons. The third-order valence-electron chi connectivity index (χ3n) is 2.84. The molecule has 0 saturated carbocycles. The second kappa shape index (κ2) is 5.26. The Morgan fingerprint density at radius 1 is 1.37 bits per heavy atom. The number of phenols is 1. The van der Waals surface area contributed by atoms with Gasteiger partial charge in [0.25, 0.3) is 0 Å². The van der Waals surface area contributed by atoms with Gasteiger partial charge in [0.15, 0.2) is 11.6 Å². The number of aromatic hydroxyl groups is 1. The molecule has 0 spiro atoms. The minimum absolute atomic E-state index is 0.238. The molecule has 1 aromatic carbocycles. The van der Waals surface area contributed by atoms with Crippen LogP contribution in [0.25, 0.3) is 0 Å². The van der Waals surface area contributed by atoms with Crippen molar-refractivity contribution < 1.29 is 28.9 Å². The quantitative estimate of drug-likeness (QED) is 0.818. The maximum atomic E-state index is 13.6. The summed E-state index contributed by atoms with van der Waals surface area (Å²) in [7, 11) is 1.11.